The molecule has 2 N–H and O–H groups in total. The number of hydrogen-bond acceptors (Lipinski definition) is 6. The first-order valence-electron chi connectivity index (χ1n) is 7.15. The van der Waals surface area contributed by atoms with E-state index in [1.165, 1.54) is 12.3 Å². The summed E-state index contributed by atoms with van der Waals surface area (Å²) in [4.78, 5) is 23.9. The summed E-state index contributed by atoms with van der Waals surface area (Å²) in [6.45, 7) is -0.343. The molecule has 0 spiro atoms. The number of furan rings is 1. The SMILES string of the molecule is CSCCC(CO)NC(=O)Cn1nc(-c2ccco2)ccc1=O. The number of carbonyl (C=O) groups excluding carboxylic acids is 1. The fourth-order valence-electron chi connectivity index (χ4n) is 2.00. The van der Waals surface area contributed by atoms with Crippen molar-refractivity contribution in [2.45, 2.75) is 19.0 Å². The molecule has 0 aliphatic rings. The summed E-state index contributed by atoms with van der Waals surface area (Å²) in [6, 6.07) is 6.01. The highest BCUT2D eigenvalue weighted by Crippen LogP contribution is 2.14. The number of nitrogens with one attached hydrogen (secondary N) is 1. The summed E-state index contributed by atoms with van der Waals surface area (Å²) in [5.41, 5.74) is 0.101. The van der Waals surface area contributed by atoms with Gasteiger partial charge in [0.1, 0.15) is 12.2 Å². The summed E-state index contributed by atoms with van der Waals surface area (Å²) >= 11 is 1.64. The zero-order valence-corrected chi connectivity index (χ0v) is 13.6. The fraction of sp³-hybridized carbons (Fsp3) is 0.400. The van der Waals surface area contributed by atoms with E-state index in [1.807, 2.05) is 6.26 Å². The molecule has 2 aromatic rings. The van der Waals surface area contributed by atoms with Gasteiger partial charge in [0.25, 0.3) is 5.56 Å². The molecule has 2 rings (SSSR count). The Labute approximate surface area is 137 Å². The van der Waals surface area contributed by atoms with Crippen LogP contribution in [0.5, 0.6) is 0 Å². The first-order chi connectivity index (χ1) is 11.1. The van der Waals surface area contributed by atoms with Crippen LogP contribution < -0.4 is 10.9 Å². The minimum Gasteiger partial charge on any atom is -0.463 e. The second kappa shape index (κ2) is 8.54. The van der Waals surface area contributed by atoms with Gasteiger partial charge in [-0.25, -0.2) is 4.68 Å². The molecule has 23 heavy (non-hydrogen) atoms. The van der Waals surface area contributed by atoms with E-state index >= 15 is 0 Å². The Morgan fingerprint density at radius 1 is 1.48 bits per heavy atom. The average molecular weight is 337 g/mol. The molecule has 1 amide bonds. The summed E-state index contributed by atoms with van der Waals surface area (Å²) in [7, 11) is 0. The van der Waals surface area contributed by atoms with Crippen LogP contribution in [0.25, 0.3) is 11.5 Å². The molecule has 0 aromatic carbocycles. The summed E-state index contributed by atoms with van der Waals surface area (Å²) < 4.78 is 6.31. The number of hydrogen-bond donors (Lipinski definition) is 2. The van der Waals surface area contributed by atoms with Gasteiger partial charge in [-0.05, 0) is 36.6 Å². The quantitative estimate of drug-likeness (QED) is 0.737. The molecule has 1 atom stereocenters. The van der Waals surface area contributed by atoms with E-state index in [1.54, 1.807) is 30.0 Å². The van der Waals surface area contributed by atoms with E-state index in [9.17, 15) is 14.7 Å². The van der Waals surface area contributed by atoms with E-state index in [0.29, 0.717) is 17.9 Å². The number of carbonyl (C=O) groups is 1. The first kappa shape index (κ1) is 17.3. The minimum atomic E-state index is -0.375. The molecule has 124 valence electrons. The van der Waals surface area contributed by atoms with E-state index < -0.39 is 0 Å². The van der Waals surface area contributed by atoms with Gasteiger partial charge in [-0.3, -0.25) is 9.59 Å². The Kier molecular flexibility index (Phi) is 6.42. The molecular weight excluding hydrogens is 318 g/mol. The van der Waals surface area contributed by atoms with Crippen LogP contribution in [-0.4, -0.2) is 45.5 Å². The van der Waals surface area contributed by atoms with Crippen molar-refractivity contribution in [1.29, 1.82) is 0 Å². The number of rotatable bonds is 8. The number of aliphatic hydroxyl groups is 1. The molecule has 1 unspecified atom stereocenters. The van der Waals surface area contributed by atoms with Gasteiger partial charge in [0.05, 0.1) is 18.9 Å². The van der Waals surface area contributed by atoms with Crippen LogP contribution >= 0.6 is 11.8 Å². The number of amides is 1. The summed E-state index contributed by atoms with van der Waals surface area (Å²) in [5, 5.41) is 16.1. The zero-order chi connectivity index (χ0) is 16.7. The van der Waals surface area contributed by atoms with Gasteiger partial charge in [0, 0.05) is 6.07 Å². The second-order valence-electron chi connectivity index (χ2n) is 4.92. The normalized spacial score (nSPS) is 12.1. The highest BCUT2D eigenvalue weighted by molar-refractivity contribution is 7.98. The zero-order valence-electron chi connectivity index (χ0n) is 12.8. The van der Waals surface area contributed by atoms with Gasteiger partial charge in [-0.15, -0.1) is 0 Å². The predicted octanol–water partition coefficient (Wildman–Crippen LogP) is 0.733. The van der Waals surface area contributed by atoms with Gasteiger partial charge < -0.3 is 14.8 Å². The van der Waals surface area contributed by atoms with Gasteiger partial charge in [-0.2, -0.15) is 16.9 Å². The lowest BCUT2D eigenvalue weighted by molar-refractivity contribution is -0.122. The van der Waals surface area contributed by atoms with Gasteiger partial charge in [0.15, 0.2) is 5.76 Å². The van der Waals surface area contributed by atoms with Crippen LogP contribution in [-0.2, 0) is 11.3 Å². The molecule has 2 heterocycles. The maximum absolute atomic E-state index is 12.0. The lowest BCUT2D eigenvalue weighted by Gasteiger charge is -2.16. The van der Waals surface area contributed by atoms with E-state index in [4.69, 9.17) is 4.42 Å². The summed E-state index contributed by atoms with van der Waals surface area (Å²) in [5.74, 6) is 0.987. The van der Waals surface area contributed by atoms with Gasteiger partial charge in [-0.1, -0.05) is 0 Å². The van der Waals surface area contributed by atoms with Crippen LogP contribution in [0.3, 0.4) is 0 Å². The summed E-state index contributed by atoms with van der Waals surface area (Å²) in [6.07, 6.45) is 4.13. The standard InChI is InChI=1S/C15H19N3O4S/c1-23-8-6-11(10-19)16-14(20)9-18-15(21)5-4-12(17-18)13-3-2-7-22-13/h2-5,7,11,19H,6,8-10H2,1H3,(H,16,20). The van der Waals surface area contributed by atoms with Crippen LogP contribution in [0.2, 0.25) is 0 Å². The lowest BCUT2D eigenvalue weighted by atomic mass is 10.2. The molecule has 0 saturated carbocycles. The lowest BCUT2D eigenvalue weighted by Crippen LogP contribution is -2.41. The fourth-order valence-corrected chi connectivity index (χ4v) is 2.52. The Morgan fingerprint density at radius 2 is 2.30 bits per heavy atom. The van der Waals surface area contributed by atoms with E-state index in [-0.39, 0.29) is 30.7 Å². The molecule has 0 saturated heterocycles. The molecule has 2 aromatic heterocycles. The molecule has 0 aliphatic carbocycles. The topological polar surface area (TPSA) is 97.4 Å². The van der Waals surface area contributed by atoms with Crippen molar-refractivity contribution in [3.63, 3.8) is 0 Å². The smallest absolute Gasteiger partial charge is 0.267 e. The third-order valence-electron chi connectivity index (χ3n) is 3.19. The predicted molar refractivity (Wildman–Crippen MR) is 88.2 cm³/mol. The van der Waals surface area contributed by atoms with Crippen molar-refractivity contribution in [2.75, 3.05) is 18.6 Å². The monoisotopic (exact) mass is 337 g/mol. The van der Waals surface area contributed by atoms with Crippen LogP contribution in [0, 0.1) is 0 Å². The van der Waals surface area contributed by atoms with Crippen LogP contribution in [0.4, 0.5) is 0 Å². The minimum absolute atomic E-state index is 0.138. The number of aliphatic hydroxyl groups excluding tert-OH is 1. The van der Waals surface area contributed by atoms with Crippen molar-refractivity contribution in [1.82, 2.24) is 15.1 Å². The van der Waals surface area contributed by atoms with E-state index in [0.717, 1.165) is 10.4 Å². The molecule has 0 bridgehead atoms. The molecule has 0 radical (unpaired) electrons. The van der Waals surface area contributed by atoms with Gasteiger partial charge >= 0.3 is 0 Å². The van der Waals surface area contributed by atoms with Gasteiger partial charge in [0.2, 0.25) is 5.91 Å². The highest BCUT2D eigenvalue weighted by Gasteiger charge is 2.13. The van der Waals surface area contributed by atoms with Crippen LogP contribution in [0.1, 0.15) is 6.42 Å². The third kappa shape index (κ3) is 4.97. The Morgan fingerprint density at radius 3 is 2.96 bits per heavy atom. The second-order valence-corrected chi connectivity index (χ2v) is 5.91. The maximum atomic E-state index is 12.0. The Bertz CT molecular complexity index is 684. The number of aromatic nitrogens is 2. The van der Waals surface area contributed by atoms with E-state index in [2.05, 4.69) is 10.4 Å². The Hall–Kier alpha value is -2.06. The third-order valence-corrected chi connectivity index (χ3v) is 3.83. The number of thioether (sulfide) groups is 1. The van der Waals surface area contributed by atoms with Crippen LogP contribution in [0.15, 0.2) is 39.7 Å². The molecule has 7 nitrogen and oxygen atoms in total. The Balaban J connectivity index is 2.05. The number of nitrogens with zero attached hydrogens (tertiary/aromatic N) is 2. The molecule has 8 heteroatoms. The highest BCUT2D eigenvalue weighted by atomic mass is 32.2. The molecule has 0 aliphatic heterocycles. The van der Waals surface area contributed by atoms with Crippen molar-refractivity contribution in [3.8, 4) is 11.5 Å². The maximum Gasteiger partial charge on any atom is 0.267 e. The van der Waals surface area contributed by atoms with Crippen molar-refractivity contribution in [2.24, 2.45) is 0 Å². The molecular formula is C15H19N3O4S. The first-order valence-corrected chi connectivity index (χ1v) is 8.54. The molecule has 0 fully saturated rings. The van der Waals surface area contributed by atoms with Crippen molar-refractivity contribution >= 4 is 17.7 Å². The largest absolute Gasteiger partial charge is 0.463 e. The van der Waals surface area contributed by atoms with Crippen molar-refractivity contribution < 1.29 is 14.3 Å². The van der Waals surface area contributed by atoms with Crippen molar-refractivity contribution in [3.05, 3.63) is 40.9 Å². The average Bonchev–Trinajstić information content (AvgIpc) is 3.08.